The predicted molar refractivity (Wildman–Crippen MR) is 122 cm³/mol. The number of nitrogen functional groups attached to an aromatic ring is 1. The Balaban J connectivity index is 1.45. The summed E-state index contributed by atoms with van der Waals surface area (Å²) < 4.78 is 28.3. The maximum atomic E-state index is 6.64. The molecular weight excluding hydrogens is 426 g/mol. The Morgan fingerprint density at radius 3 is 2.56 bits per heavy atom. The van der Waals surface area contributed by atoms with Crippen LogP contribution in [-0.2, 0) is 18.6 Å². The molecule has 3 aliphatic rings. The van der Waals surface area contributed by atoms with Crippen molar-refractivity contribution in [1.29, 1.82) is 0 Å². The van der Waals surface area contributed by atoms with E-state index in [9.17, 15) is 0 Å². The average Bonchev–Trinajstić information content (AvgIpc) is 3.39. The van der Waals surface area contributed by atoms with Gasteiger partial charge in [0.25, 0.3) is 0 Å². The van der Waals surface area contributed by atoms with Crippen LogP contribution in [0.3, 0.4) is 0 Å². The number of nitrogens with zero attached hydrogens (tertiary/aromatic N) is 4. The van der Waals surface area contributed by atoms with E-state index in [0.29, 0.717) is 23.6 Å². The van der Waals surface area contributed by atoms with E-state index in [1.807, 2.05) is 4.57 Å². The van der Waals surface area contributed by atoms with E-state index in [2.05, 4.69) is 48.8 Å². The third kappa shape index (κ3) is 3.65. The minimum Gasteiger partial charge on any atom is -0.414 e. The second-order valence-corrected chi connectivity index (χ2v) is 15.7. The van der Waals surface area contributed by atoms with Gasteiger partial charge in [-0.2, -0.15) is 0 Å². The highest BCUT2D eigenvalue weighted by Gasteiger charge is 2.59. The highest BCUT2D eigenvalue weighted by molar-refractivity contribution is 6.74. The van der Waals surface area contributed by atoms with Gasteiger partial charge in [0.05, 0.1) is 12.9 Å². The molecule has 0 radical (unpaired) electrons. The van der Waals surface area contributed by atoms with E-state index >= 15 is 0 Å². The van der Waals surface area contributed by atoms with Crippen LogP contribution in [0, 0.1) is 0 Å². The van der Waals surface area contributed by atoms with Crippen molar-refractivity contribution in [2.24, 2.45) is 0 Å². The van der Waals surface area contributed by atoms with Crippen LogP contribution in [0.25, 0.3) is 11.2 Å². The summed E-state index contributed by atoms with van der Waals surface area (Å²) in [5.41, 5.74) is 7.22. The number of fused-ring (bicyclic) bond motifs is 2. The molecular formula is C22H35N5O4Si. The van der Waals surface area contributed by atoms with Crippen LogP contribution in [0.2, 0.25) is 18.1 Å². The number of imidazole rings is 1. The van der Waals surface area contributed by atoms with Crippen molar-refractivity contribution in [2.45, 2.75) is 101 Å². The Morgan fingerprint density at radius 1 is 1.12 bits per heavy atom. The molecule has 0 aromatic carbocycles. The predicted octanol–water partition coefficient (Wildman–Crippen LogP) is 3.77. The molecule has 32 heavy (non-hydrogen) atoms. The van der Waals surface area contributed by atoms with Gasteiger partial charge in [-0.05, 0) is 31.0 Å². The number of hydrogen-bond donors (Lipinski definition) is 1. The molecule has 0 amide bonds. The molecule has 2 saturated heterocycles. The molecule has 1 saturated carbocycles. The van der Waals surface area contributed by atoms with Crippen molar-refractivity contribution < 1.29 is 18.6 Å². The number of hydrogen-bond acceptors (Lipinski definition) is 8. The van der Waals surface area contributed by atoms with Crippen molar-refractivity contribution in [3.63, 3.8) is 0 Å². The molecule has 0 bridgehead atoms. The number of rotatable bonds is 4. The maximum Gasteiger partial charge on any atom is 0.192 e. The molecule has 2 N–H and O–H groups in total. The molecule has 4 heterocycles. The summed E-state index contributed by atoms with van der Waals surface area (Å²) >= 11 is 0. The van der Waals surface area contributed by atoms with Gasteiger partial charge < -0.3 is 24.4 Å². The molecule has 176 valence electrons. The van der Waals surface area contributed by atoms with E-state index < -0.39 is 20.3 Å². The van der Waals surface area contributed by atoms with E-state index in [1.165, 1.54) is 12.7 Å². The fraction of sp³-hybridized carbons (Fsp3) is 0.773. The van der Waals surface area contributed by atoms with E-state index in [0.717, 1.165) is 25.7 Å². The van der Waals surface area contributed by atoms with Crippen LogP contribution in [0.15, 0.2) is 12.7 Å². The van der Waals surface area contributed by atoms with Crippen molar-refractivity contribution in [3.05, 3.63) is 12.7 Å². The molecule has 2 aromatic heterocycles. The topological polar surface area (TPSA) is 107 Å². The quantitative estimate of drug-likeness (QED) is 0.686. The highest BCUT2D eigenvalue weighted by Crippen LogP contribution is 2.49. The minimum atomic E-state index is -1.94. The molecule has 3 fully saturated rings. The molecule has 4 atom stereocenters. The van der Waals surface area contributed by atoms with Crippen LogP contribution in [-0.4, -0.2) is 58.5 Å². The maximum absolute atomic E-state index is 6.64. The Hall–Kier alpha value is -1.59. The molecule has 1 aliphatic carbocycles. The van der Waals surface area contributed by atoms with Crippen LogP contribution in [0.1, 0.15) is 59.1 Å². The van der Waals surface area contributed by atoms with Gasteiger partial charge >= 0.3 is 0 Å². The fourth-order valence-corrected chi connectivity index (χ4v) is 5.76. The summed E-state index contributed by atoms with van der Waals surface area (Å²) in [7, 11) is -1.94. The Kier molecular flexibility index (Phi) is 5.37. The Bertz CT molecular complexity index is 984. The standard InChI is InChI=1S/C22H35N5O4Si/c1-21(2,3)32(4,5)28-11-14-16-17(31-22(30-16)9-7-6-8-10-22)20(29-14)27-13-26-15-18(23)24-12-25-19(15)27/h12-14,16-17,20H,6-11H2,1-5H3,(H2,23,24,25)/t14-,16+,17?,20-/m1/s1. The van der Waals surface area contributed by atoms with Gasteiger partial charge in [0.15, 0.2) is 31.8 Å². The zero-order valence-electron chi connectivity index (χ0n) is 19.7. The van der Waals surface area contributed by atoms with Crippen LogP contribution < -0.4 is 5.73 Å². The van der Waals surface area contributed by atoms with E-state index in [-0.39, 0.29) is 23.4 Å². The van der Waals surface area contributed by atoms with Crippen LogP contribution >= 0.6 is 0 Å². The molecule has 10 heteroatoms. The molecule has 9 nitrogen and oxygen atoms in total. The van der Waals surface area contributed by atoms with Gasteiger partial charge in [0, 0.05) is 12.8 Å². The third-order valence-electron chi connectivity index (χ3n) is 7.68. The first kappa shape index (κ1) is 22.2. The van der Waals surface area contributed by atoms with Crippen LogP contribution in [0.4, 0.5) is 5.82 Å². The molecule has 2 aliphatic heterocycles. The van der Waals surface area contributed by atoms with Crippen molar-refractivity contribution in [3.8, 4) is 0 Å². The van der Waals surface area contributed by atoms with Gasteiger partial charge in [-0.1, -0.05) is 27.2 Å². The normalized spacial score (nSPS) is 30.3. The molecule has 2 aromatic rings. The van der Waals surface area contributed by atoms with Gasteiger partial charge in [-0.3, -0.25) is 4.57 Å². The van der Waals surface area contributed by atoms with E-state index in [1.54, 1.807) is 6.33 Å². The van der Waals surface area contributed by atoms with Gasteiger partial charge in [0.2, 0.25) is 0 Å². The largest absolute Gasteiger partial charge is 0.414 e. The summed E-state index contributed by atoms with van der Waals surface area (Å²) in [5.74, 6) is -0.164. The third-order valence-corrected chi connectivity index (χ3v) is 12.2. The molecule has 1 spiro atoms. The minimum absolute atomic E-state index is 0.122. The lowest BCUT2D eigenvalue weighted by Crippen LogP contribution is -2.45. The molecule has 5 rings (SSSR count). The second kappa shape index (κ2) is 7.73. The first-order valence-electron chi connectivity index (χ1n) is 11.7. The SMILES string of the molecule is CC(C)(C)[Si](C)(C)OC[C@H]1O[C@@H](n2cnc3c(N)ncnc32)C2OC3(CCCCC3)O[C@H]21. The summed E-state index contributed by atoms with van der Waals surface area (Å²) in [6.07, 6.45) is 7.38. The van der Waals surface area contributed by atoms with Gasteiger partial charge in [-0.15, -0.1) is 0 Å². The fourth-order valence-electron chi connectivity index (χ4n) is 4.75. The van der Waals surface area contributed by atoms with Crippen molar-refractivity contribution >= 4 is 25.3 Å². The lowest BCUT2D eigenvalue weighted by molar-refractivity contribution is -0.232. The van der Waals surface area contributed by atoms with Crippen LogP contribution in [0.5, 0.6) is 0 Å². The Labute approximate surface area is 190 Å². The first-order chi connectivity index (χ1) is 15.1. The zero-order valence-corrected chi connectivity index (χ0v) is 20.7. The number of nitrogens with two attached hydrogens (primary N) is 1. The number of anilines is 1. The lowest BCUT2D eigenvalue weighted by atomic mass is 9.94. The van der Waals surface area contributed by atoms with Gasteiger partial charge in [-0.25, -0.2) is 15.0 Å². The summed E-state index contributed by atoms with van der Waals surface area (Å²) in [5, 5.41) is 0.122. The summed E-state index contributed by atoms with van der Waals surface area (Å²) in [6.45, 7) is 11.7. The molecule has 1 unspecified atom stereocenters. The number of ether oxygens (including phenoxy) is 3. The smallest absolute Gasteiger partial charge is 0.192 e. The van der Waals surface area contributed by atoms with E-state index in [4.69, 9.17) is 24.4 Å². The Morgan fingerprint density at radius 2 is 1.84 bits per heavy atom. The second-order valence-electron chi connectivity index (χ2n) is 10.9. The first-order valence-corrected chi connectivity index (χ1v) is 14.6. The zero-order chi connectivity index (χ0) is 22.7. The highest BCUT2D eigenvalue weighted by atomic mass is 28.4. The average molecular weight is 462 g/mol. The van der Waals surface area contributed by atoms with Gasteiger partial charge in [0.1, 0.15) is 30.2 Å². The van der Waals surface area contributed by atoms with Crippen molar-refractivity contribution in [1.82, 2.24) is 19.5 Å². The summed E-state index contributed by atoms with van der Waals surface area (Å²) in [4.78, 5) is 12.9. The monoisotopic (exact) mass is 461 g/mol. The van der Waals surface area contributed by atoms with Crippen molar-refractivity contribution in [2.75, 3.05) is 12.3 Å². The number of aromatic nitrogens is 4. The lowest BCUT2D eigenvalue weighted by Gasteiger charge is -2.38. The summed E-state index contributed by atoms with van der Waals surface area (Å²) in [6, 6.07) is 0.